The van der Waals surface area contributed by atoms with Crippen LogP contribution in [0.15, 0.2) is 12.2 Å². The first-order chi connectivity index (χ1) is 11.3. The number of ether oxygens (including phenoxy) is 1. The van der Waals surface area contributed by atoms with E-state index in [0.717, 1.165) is 56.1 Å². The van der Waals surface area contributed by atoms with E-state index in [1.54, 1.807) is 0 Å². The van der Waals surface area contributed by atoms with Crippen molar-refractivity contribution in [1.82, 2.24) is 0 Å². The molecule has 4 nitrogen and oxygen atoms in total. The summed E-state index contributed by atoms with van der Waals surface area (Å²) in [5.74, 6) is 0.237. The van der Waals surface area contributed by atoms with E-state index in [2.05, 4.69) is 20.8 Å². The molecule has 0 amide bonds. The van der Waals surface area contributed by atoms with Crippen molar-refractivity contribution in [2.45, 2.75) is 84.7 Å². The van der Waals surface area contributed by atoms with Crippen LogP contribution in [0.4, 0.5) is 0 Å². The maximum absolute atomic E-state index is 12.0. The van der Waals surface area contributed by atoms with Crippen molar-refractivity contribution in [1.29, 1.82) is 0 Å². The second-order valence-electron chi connectivity index (χ2n) is 7.51. The Morgan fingerprint density at radius 1 is 1.21 bits per heavy atom. The molecular formula is C20H34O4. The summed E-state index contributed by atoms with van der Waals surface area (Å²) >= 11 is 0. The van der Waals surface area contributed by atoms with Crippen molar-refractivity contribution < 1.29 is 19.4 Å². The monoisotopic (exact) mass is 338 g/mol. The van der Waals surface area contributed by atoms with Crippen LogP contribution in [0.1, 0.15) is 79.1 Å². The highest BCUT2D eigenvalue weighted by Crippen LogP contribution is 2.42. The molecule has 0 aromatic heterocycles. The highest BCUT2D eigenvalue weighted by molar-refractivity contribution is 5.90. The Hall–Kier alpha value is -1.32. The maximum atomic E-state index is 12.0. The molecule has 0 bridgehead atoms. The van der Waals surface area contributed by atoms with E-state index >= 15 is 0 Å². The van der Waals surface area contributed by atoms with Gasteiger partial charge in [0.1, 0.15) is 5.60 Å². The Bertz CT molecular complexity index is 435. The quantitative estimate of drug-likeness (QED) is 0.476. The number of esters is 1. The van der Waals surface area contributed by atoms with Crippen LogP contribution in [0, 0.1) is 17.8 Å². The topological polar surface area (TPSA) is 63.6 Å². The highest BCUT2D eigenvalue weighted by atomic mass is 16.6. The summed E-state index contributed by atoms with van der Waals surface area (Å²) < 4.78 is 5.76. The van der Waals surface area contributed by atoms with E-state index < -0.39 is 17.5 Å². The summed E-state index contributed by atoms with van der Waals surface area (Å²) in [6.45, 7) is 8.74. The minimum absolute atomic E-state index is 0.367. The lowest BCUT2D eigenvalue weighted by Crippen LogP contribution is -2.42. The van der Waals surface area contributed by atoms with Crippen LogP contribution in [-0.4, -0.2) is 22.6 Å². The maximum Gasteiger partial charge on any atom is 0.331 e. The normalized spacial score (nSPS) is 25.2. The Morgan fingerprint density at radius 3 is 2.33 bits per heavy atom. The van der Waals surface area contributed by atoms with Crippen molar-refractivity contribution >= 4 is 11.9 Å². The molecule has 138 valence electrons. The fourth-order valence-corrected chi connectivity index (χ4v) is 3.90. The van der Waals surface area contributed by atoms with Crippen LogP contribution in [0.25, 0.3) is 0 Å². The standard InChI is InChI=1S/C20H34O4/c1-5-7-14-20(4,24-19(23)13-12-18(21)22)17-10-8-16(9-11-17)15(3)6-2/h12-13,15-17H,5-11,14H2,1-4H3,(H,21,22)/b13-12+. The predicted molar refractivity (Wildman–Crippen MR) is 95.7 cm³/mol. The third kappa shape index (κ3) is 6.29. The summed E-state index contributed by atoms with van der Waals surface area (Å²) in [4.78, 5) is 22.6. The van der Waals surface area contributed by atoms with Gasteiger partial charge in [0.15, 0.2) is 0 Å². The Kier molecular flexibility index (Phi) is 8.51. The van der Waals surface area contributed by atoms with Gasteiger partial charge in [-0.2, -0.15) is 0 Å². The smallest absolute Gasteiger partial charge is 0.331 e. The van der Waals surface area contributed by atoms with E-state index in [9.17, 15) is 9.59 Å². The Balaban J connectivity index is 2.73. The molecule has 0 heterocycles. The molecule has 1 fully saturated rings. The van der Waals surface area contributed by atoms with Crippen molar-refractivity contribution in [3.63, 3.8) is 0 Å². The number of carbonyl (C=O) groups is 2. The third-order valence-electron chi connectivity index (χ3n) is 5.81. The van der Waals surface area contributed by atoms with Crippen molar-refractivity contribution in [2.75, 3.05) is 0 Å². The van der Waals surface area contributed by atoms with Gasteiger partial charge in [-0.1, -0.05) is 33.6 Å². The van der Waals surface area contributed by atoms with Crippen LogP contribution in [0.2, 0.25) is 0 Å². The number of hydrogen-bond acceptors (Lipinski definition) is 3. The minimum Gasteiger partial charge on any atom is -0.478 e. The predicted octanol–water partition coefficient (Wildman–Crippen LogP) is 4.97. The summed E-state index contributed by atoms with van der Waals surface area (Å²) in [7, 11) is 0. The molecule has 2 unspecified atom stereocenters. The van der Waals surface area contributed by atoms with Gasteiger partial charge in [0, 0.05) is 12.2 Å². The van der Waals surface area contributed by atoms with E-state index in [1.165, 1.54) is 19.3 Å². The number of rotatable bonds is 9. The van der Waals surface area contributed by atoms with Crippen LogP contribution < -0.4 is 0 Å². The number of carboxylic acids is 1. The van der Waals surface area contributed by atoms with Gasteiger partial charge in [0.05, 0.1) is 0 Å². The molecule has 0 radical (unpaired) electrons. The van der Waals surface area contributed by atoms with Crippen LogP contribution in [0.3, 0.4) is 0 Å². The lowest BCUT2D eigenvalue weighted by molar-refractivity contribution is -0.161. The summed E-state index contributed by atoms with van der Waals surface area (Å²) in [5, 5.41) is 8.66. The number of unbranched alkanes of at least 4 members (excludes halogenated alkanes) is 1. The second kappa shape index (κ2) is 9.85. The van der Waals surface area contributed by atoms with Crippen LogP contribution in [0.5, 0.6) is 0 Å². The molecule has 1 aliphatic carbocycles. The van der Waals surface area contributed by atoms with Gasteiger partial charge in [-0.15, -0.1) is 0 Å². The van der Waals surface area contributed by atoms with E-state index in [0.29, 0.717) is 5.92 Å². The van der Waals surface area contributed by atoms with Gasteiger partial charge in [0.25, 0.3) is 0 Å². The Morgan fingerprint density at radius 2 is 1.83 bits per heavy atom. The molecule has 0 spiro atoms. The highest BCUT2D eigenvalue weighted by Gasteiger charge is 2.39. The minimum atomic E-state index is -1.13. The molecule has 4 heteroatoms. The third-order valence-corrected chi connectivity index (χ3v) is 5.81. The van der Waals surface area contributed by atoms with Crippen molar-refractivity contribution in [3.05, 3.63) is 12.2 Å². The molecule has 24 heavy (non-hydrogen) atoms. The SMILES string of the molecule is CCCCC(C)(OC(=O)/C=C/C(=O)O)C1CCC(C(C)CC)CC1. The van der Waals surface area contributed by atoms with Gasteiger partial charge < -0.3 is 9.84 Å². The Labute approximate surface area is 146 Å². The van der Waals surface area contributed by atoms with Gasteiger partial charge in [-0.3, -0.25) is 0 Å². The molecule has 1 aliphatic rings. The molecular weight excluding hydrogens is 304 g/mol. The first kappa shape index (κ1) is 20.7. The van der Waals surface area contributed by atoms with Gasteiger partial charge in [-0.05, 0) is 63.2 Å². The summed E-state index contributed by atoms with van der Waals surface area (Å²) in [5.41, 5.74) is -0.490. The molecule has 1 N–H and O–H groups in total. The first-order valence-corrected chi connectivity index (χ1v) is 9.46. The van der Waals surface area contributed by atoms with Crippen LogP contribution >= 0.6 is 0 Å². The zero-order valence-corrected chi connectivity index (χ0v) is 15.7. The average molecular weight is 338 g/mol. The van der Waals surface area contributed by atoms with Crippen molar-refractivity contribution in [3.8, 4) is 0 Å². The van der Waals surface area contributed by atoms with Gasteiger partial charge >= 0.3 is 11.9 Å². The lowest BCUT2D eigenvalue weighted by Gasteiger charge is -2.42. The lowest BCUT2D eigenvalue weighted by atomic mass is 9.69. The average Bonchev–Trinajstić information content (AvgIpc) is 2.57. The number of carboxylic acid groups (broad SMARTS) is 1. The largest absolute Gasteiger partial charge is 0.478 e. The van der Waals surface area contributed by atoms with Gasteiger partial charge in [0.2, 0.25) is 0 Å². The number of aliphatic carboxylic acids is 1. The van der Waals surface area contributed by atoms with Crippen LogP contribution in [-0.2, 0) is 14.3 Å². The van der Waals surface area contributed by atoms with Crippen molar-refractivity contribution in [2.24, 2.45) is 17.8 Å². The molecule has 1 rings (SSSR count). The second-order valence-corrected chi connectivity index (χ2v) is 7.51. The molecule has 0 aromatic rings. The number of carbonyl (C=O) groups excluding carboxylic acids is 1. The molecule has 1 saturated carbocycles. The molecule has 0 saturated heterocycles. The fourth-order valence-electron chi connectivity index (χ4n) is 3.90. The zero-order valence-electron chi connectivity index (χ0n) is 15.7. The summed E-state index contributed by atoms with van der Waals surface area (Å²) in [6, 6.07) is 0. The van der Waals surface area contributed by atoms with Gasteiger partial charge in [-0.25, -0.2) is 9.59 Å². The first-order valence-electron chi connectivity index (χ1n) is 9.46. The summed E-state index contributed by atoms with van der Waals surface area (Å²) in [6.07, 6.45) is 10.6. The zero-order chi connectivity index (χ0) is 18.2. The number of hydrogen-bond donors (Lipinski definition) is 1. The fraction of sp³-hybridized carbons (Fsp3) is 0.800. The molecule has 0 aromatic carbocycles. The molecule has 0 aliphatic heterocycles. The van der Waals surface area contributed by atoms with E-state index in [4.69, 9.17) is 9.84 Å². The molecule has 2 atom stereocenters. The van der Waals surface area contributed by atoms with E-state index in [1.807, 2.05) is 6.92 Å². The van der Waals surface area contributed by atoms with E-state index in [-0.39, 0.29) is 0 Å².